The smallest absolute Gasteiger partial charge is 0.337 e. The van der Waals surface area contributed by atoms with E-state index in [4.69, 9.17) is 16.7 Å². The number of urea groups is 1. The third-order valence-electron chi connectivity index (χ3n) is 2.68. The molecule has 0 aliphatic carbocycles. The number of nitrogens with zero attached hydrogens (tertiary/aromatic N) is 1. The van der Waals surface area contributed by atoms with Gasteiger partial charge in [-0.1, -0.05) is 11.6 Å². The van der Waals surface area contributed by atoms with Gasteiger partial charge in [0.05, 0.1) is 24.8 Å². The van der Waals surface area contributed by atoms with Gasteiger partial charge in [-0.25, -0.2) is 9.59 Å². The number of carbonyl (C=O) groups is 3. The summed E-state index contributed by atoms with van der Waals surface area (Å²) < 4.78 is 4.47. The van der Waals surface area contributed by atoms with Gasteiger partial charge in [0.2, 0.25) is 0 Å². The Morgan fingerprint density at radius 2 is 2.05 bits per heavy atom. The van der Waals surface area contributed by atoms with Crippen LogP contribution in [-0.4, -0.2) is 48.7 Å². The van der Waals surface area contributed by atoms with Gasteiger partial charge >= 0.3 is 18.0 Å². The highest BCUT2D eigenvalue weighted by Crippen LogP contribution is 2.21. The van der Waals surface area contributed by atoms with Gasteiger partial charge in [-0.15, -0.1) is 0 Å². The van der Waals surface area contributed by atoms with Crippen LogP contribution >= 0.6 is 11.6 Å². The standard InChI is InChI=1S/C13H15ClN2O5/c1-16(6-5-11(17)21-2)13(20)15-10-7-8(14)3-4-9(10)12(18)19/h3-4,7H,5-6H2,1-2H3,(H,15,20)(H,18,19). The van der Waals surface area contributed by atoms with Crippen LogP contribution in [0.25, 0.3) is 0 Å². The van der Waals surface area contributed by atoms with Gasteiger partial charge in [-0.2, -0.15) is 0 Å². The maximum absolute atomic E-state index is 11.9. The molecule has 0 bridgehead atoms. The fourth-order valence-electron chi connectivity index (χ4n) is 1.48. The predicted octanol–water partition coefficient (Wildman–Crippen LogP) is 2.06. The van der Waals surface area contributed by atoms with E-state index in [1.54, 1.807) is 0 Å². The van der Waals surface area contributed by atoms with E-state index in [2.05, 4.69) is 10.1 Å². The second-order valence-electron chi connectivity index (χ2n) is 4.17. The molecule has 0 aliphatic rings. The molecular weight excluding hydrogens is 300 g/mol. The van der Waals surface area contributed by atoms with E-state index in [-0.39, 0.29) is 24.2 Å². The summed E-state index contributed by atoms with van der Waals surface area (Å²) in [6, 6.07) is 3.51. The molecule has 1 aromatic carbocycles. The molecule has 0 radical (unpaired) electrons. The number of anilines is 1. The number of hydrogen-bond donors (Lipinski definition) is 2. The fraction of sp³-hybridized carbons (Fsp3) is 0.308. The van der Waals surface area contributed by atoms with Crippen molar-refractivity contribution in [1.82, 2.24) is 4.90 Å². The number of methoxy groups -OCH3 is 1. The Bertz CT molecular complexity index is 561. The molecule has 0 spiro atoms. The van der Waals surface area contributed by atoms with Gasteiger partial charge in [0, 0.05) is 18.6 Å². The number of halogens is 1. The SMILES string of the molecule is COC(=O)CCN(C)C(=O)Nc1cc(Cl)ccc1C(=O)O. The minimum Gasteiger partial charge on any atom is -0.478 e. The van der Waals surface area contributed by atoms with Crippen LogP contribution in [-0.2, 0) is 9.53 Å². The monoisotopic (exact) mass is 314 g/mol. The second-order valence-corrected chi connectivity index (χ2v) is 4.61. The lowest BCUT2D eigenvalue weighted by molar-refractivity contribution is -0.140. The van der Waals surface area contributed by atoms with Crippen LogP contribution < -0.4 is 5.32 Å². The minimum atomic E-state index is -1.18. The number of esters is 1. The number of carbonyl (C=O) groups excluding carboxylic acids is 2. The highest BCUT2D eigenvalue weighted by Gasteiger charge is 2.16. The number of benzene rings is 1. The first-order valence-corrected chi connectivity index (χ1v) is 6.34. The molecular formula is C13H15ClN2O5. The molecule has 1 rings (SSSR count). The van der Waals surface area contributed by atoms with Crippen LogP contribution in [0, 0.1) is 0 Å². The molecule has 8 heteroatoms. The van der Waals surface area contributed by atoms with Gasteiger partial charge in [0.15, 0.2) is 0 Å². The summed E-state index contributed by atoms with van der Waals surface area (Å²) in [5.74, 6) is -1.62. The molecule has 0 saturated heterocycles. The van der Waals surface area contributed by atoms with Crippen molar-refractivity contribution in [3.8, 4) is 0 Å². The largest absolute Gasteiger partial charge is 0.478 e. The summed E-state index contributed by atoms with van der Waals surface area (Å²) in [5, 5.41) is 11.8. The van der Waals surface area contributed by atoms with Crippen molar-refractivity contribution in [1.29, 1.82) is 0 Å². The number of hydrogen-bond acceptors (Lipinski definition) is 4. The number of carboxylic acids is 1. The maximum atomic E-state index is 11.9. The van der Waals surface area contributed by atoms with Crippen LogP contribution in [0.4, 0.5) is 10.5 Å². The highest BCUT2D eigenvalue weighted by molar-refractivity contribution is 6.31. The molecule has 0 aromatic heterocycles. The van der Waals surface area contributed by atoms with Gasteiger partial charge in [-0.3, -0.25) is 4.79 Å². The van der Waals surface area contributed by atoms with Crippen LogP contribution in [0.2, 0.25) is 5.02 Å². The summed E-state index contributed by atoms with van der Waals surface area (Å²) in [7, 11) is 2.73. The van der Waals surface area contributed by atoms with Crippen LogP contribution in [0.1, 0.15) is 16.8 Å². The normalized spacial score (nSPS) is 9.86. The predicted molar refractivity (Wildman–Crippen MR) is 76.7 cm³/mol. The molecule has 2 N–H and O–H groups in total. The Kier molecular flexibility index (Phi) is 5.98. The summed E-state index contributed by atoms with van der Waals surface area (Å²) in [4.78, 5) is 35.2. The number of ether oxygens (including phenoxy) is 1. The lowest BCUT2D eigenvalue weighted by Crippen LogP contribution is -2.33. The number of aromatic carboxylic acids is 1. The maximum Gasteiger partial charge on any atom is 0.337 e. The molecule has 2 amide bonds. The molecule has 0 saturated carbocycles. The van der Waals surface area contributed by atoms with Gasteiger partial charge < -0.3 is 20.1 Å². The molecule has 0 heterocycles. The van der Waals surface area contributed by atoms with E-state index < -0.39 is 18.0 Å². The van der Waals surface area contributed by atoms with Gasteiger partial charge in [0.1, 0.15) is 0 Å². The summed E-state index contributed by atoms with van der Waals surface area (Å²) in [6.45, 7) is 0.140. The van der Waals surface area contributed by atoms with E-state index in [1.807, 2.05) is 0 Å². The van der Waals surface area contributed by atoms with Crippen LogP contribution in [0.15, 0.2) is 18.2 Å². The Morgan fingerprint density at radius 1 is 1.38 bits per heavy atom. The van der Waals surface area contributed by atoms with Crippen molar-refractivity contribution in [2.24, 2.45) is 0 Å². The zero-order valence-electron chi connectivity index (χ0n) is 11.6. The molecule has 0 fully saturated rings. The molecule has 0 unspecified atom stereocenters. The quantitative estimate of drug-likeness (QED) is 0.811. The summed E-state index contributed by atoms with van der Waals surface area (Å²) in [6.07, 6.45) is 0.0434. The Morgan fingerprint density at radius 3 is 2.62 bits per heavy atom. The molecule has 114 valence electrons. The number of nitrogens with one attached hydrogen (secondary N) is 1. The van der Waals surface area contributed by atoms with Gasteiger partial charge in [-0.05, 0) is 18.2 Å². The first kappa shape index (κ1) is 16.8. The van der Waals surface area contributed by atoms with E-state index in [1.165, 1.54) is 37.3 Å². The zero-order valence-corrected chi connectivity index (χ0v) is 12.3. The lowest BCUT2D eigenvalue weighted by atomic mass is 10.2. The summed E-state index contributed by atoms with van der Waals surface area (Å²) >= 11 is 5.79. The van der Waals surface area contributed by atoms with E-state index in [0.29, 0.717) is 5.02 Å². The average Bonchev–Trinajstić information content (AvgIpc) is 2.43. The third kappa shape index (κ3) is 4.96. The lowest BCUT2D eigenvalue weighted by Gasteiger charge is -2.18. The average molecular weight is 315 g/mol. The number of rotatable bonds is 5. The van der Waals surface area contributed by atoms with Crippen LogP contribution in [0.5, 0.6) is 0 Å². The first-order chi connectivity index (χ1) is 9.85. The Balaban J connectivity index is 2.76. The van der Waals surface area contributed by atoms with Gasteiger partial charge in [0.25, 0.3) is 0 Å². The van der Waals surface area contributed by atoms with E-state index in [0.717, 1.165) is 0 Å². The van der Waals surface area contributed by atoms with Crippen molar-refractivity contribution in [2.75, 3.05) is 26.0 Å². The minimum absolute atomic E-state index is 0.0434. The molecule has 7 nitrogen and oxygen atoms in total. The van der Waals surface area contributed by atoms with Crippen molar-refractivity contribution in [3.05, 3.63) is 28.8 Å². The third-order valence-corrected chi connectivity index (χ3v) is 2.91. The summed E-state index contributed by atoms with van der Waals surface area (Å²) in [5.41, 5.74) is 0.0130. The Labute approximate surface area is 126 Å². The Hall–Kier alpha value is -2.28. The van der Waals surface area contributed by atoms with Crippen LogP contribution in [0.3, 0.4) is 0 Å². The van der Waals surface area contributed by atoms with Crippen molar-refractivity contribution in [3.63, 3.8) is 0 Å². The highest BCUT2D eigenvalue weighted by atomic mass is 35.5. The molecule has 0 aliphatic heterocycles. The van der Waals surface area contributed by atoms with Crippen molar-refractivity contribution < 1.29 is 24.2 Å². The first-order valence-electron chi connectivity index (χ1n) is 5.97. The fourth-order valence-corrected chi connectivity index (χ4v) is 1.65. The van der Waals surface area contributed by atoms with Crippen molar-refractivity contribution >= 4 is 35.3 Å². The molecule has 1 aromatic rings. The zero-order chi connectivity index (χ0) is 16.0. The van der Waals surface area contributed by atoms with E-state index >= 15 is 0 Å². The van der Waals surface area contributed by atoms with Crippen molar-refractivity contribution in [2.45, 2.75) is 6.42 Å². The number of amides is 2. The molecule has 0 atom stereocenters. The van der Waals surface area contributed by atoms with E-state index in [9.17, 15) is 14.4 Å². The number of carboxylic acid groups (broad SMARTS) is 1. The second kappa shape index (κ2) is 7.49. The molecule has 21 heavy (non-hydrogen) atoms. The topological polar surface area (TPSA) is 95.9 Å².